The lowest BCUT2D eigenvalue weighted by Crippen LogP contribution is -1.94. The summed E-state index contributed by atoms with van der Waals surface area (Å²) in [6.45, 7) is 25.3. The largest absolute Gasteiger partial charge is 0.0683 e. The van der Waals surface area contributed by atoms with E-state index in [-0.39, 0.29) is 0 Å². The van der Waals surface area contributed by atoms with Crippen LogP contribution in [0, 0.1) is 41.5 Å². The van der Waals surface area contributed by atoms with Gasteiger partial charge >= 0.3 is 0 Å². The van der Waals surface area contributed by atoms with Crippen LogP contribution >= 0.6 is 0 Å². The van der Waals surface area contributed by atoms with Gasteiger partial charge in [0.2, 0.25) is 0 Å². The molecule has 0 aliphatic rings. The smallest absolute Gasteiger partial charge is 0.00732 e. The molecule has 0 spiro atoms. The summed E-state index contributed by atoms with van der Waals surface area (Å²) in [5.74, 6) is 0. The molecule has 0 bridgehead atoms. The Morgan fingerprint density at radius 3 is 1.15 bits per heavy atom. The molecule has 0 saturated heterocycles. The summed E-state index contributed by atoms with van der Waals surface area (Å²) >= 11 is 0. The van der Waals surface area contributed by atoms with Gasteiger partial charge in [-0.25, -0.2) is 0 Å². The average molecular weight is 803 g/mol. The van der Waals surface area contributed by atoms with Gasteiger partial charge in [0.05, 0.1) is 0 Å². The molecule has 314 valence electrons. The normalized spacial score (nSPS) is 9.70. The SMILES string of the molecule is CC.CC.CCC.Cc1ccc(-c2ccccc2)cc1.Cc1ccccc1.Cc1ccccc1-c1cc(-c2cccc(C)c2-c2cc(-c3ccccc3)ccc2C)ccc1C. The summed E-state index contributed by atoms with van der Waals surface area (Å²) in [5.41, 5.74) is 20.6. The zero-order chi connectivity index (χ0) is 44.6. The molecular weight excluding hydrogens is 733 g/mol. The number of hydrogen-bond acceptors (Lipinski definition) is 0. The van der Waals surface area contributed by atoms with E-state index in [4.69, 9.17) is 0 Å². The Morgan fingerprint density at radius 2 is 0.623 bits per heavy atom. The predicted octanol–water partition coefficient (Wildman–Crippen LogP) is 18.7. The lowest BCUT2D eigenvalue weighted by atomic mass is 9.86. The Kier molecular flexibility index (Phi) is 21.6. The van der Waals surface area contributed by atoms with Crippen molar-refractivity contribution in [1.29, 1.82) is 0 Å². The van der Waals surface area contributed by atoms with Crippen molar-refractivity contribution in [2.45, 2.75) is 89.5 Å². The molecule has 0 aliphatic carbocycles. The number of rotatable bonds is 5. The van der Waals surface area contributed by atoms with Crippen LogP contribution in [0.3, 0.4) is 0 Å². The monoisotopic (exact) mass is 803 g/mol. The van der Waals surface area contributed by atoms with E-state index in [1.54, 1.807) is 0 Å². The van der Waals surface area contributed by atoms with Crippen LogP contribution in [0.5, 0.6) is 0 Å². The van der Waals surface area contributed by atoms with Crippen LogP contribution in [-0.4, -0.2) is 0 Å². The first-order valence-corrected chi connectivity index (χ1v) is 22.3. The first kappa shape index (κ1) is 49.1. The van der Waals surface area contributed by atoms with Crippen molar-refractivity contribution in [3.05, 3.63) is 228 Å². The summed E-state index contributed by atoms with van der Waals surface area (Å²) in [6.07, 6.45) is 1.25. The topological polar surface area (TPSA) is 0 Å². The molecule has 8 aromatic rings. The summed E-state index contributed by atoms with van der Waals surface area (Å²) in [6, 6.07) is 69.0. The molecule has 0 heteroatoms. The number of hydrogen-bond donors (Lipinski definition) is 0. The zero-order valence-corrected chi connectivity index (χ0v) is 39.2. The van der Waals surface area contributed by atoms with Gasteiger partial charge in [0.1, 0.15) is 0 Å². The quantitative estimate of drug-likeness (QED) is 0.163. The highest BCUT2D eigenvalue weighted by atomic mass is 14.2. The molecule has 0 saturated carbocycles. The highest BCUT2D eigenvalue weighted by molar-refractivity contribution is 5.90. The maximum atomic E-state index is 2.37. The van der Waals surface area contributed by atoms with Crippen LogP contribution in [0.1, 0.15) is 81.3 Å². The van der Waals surface area contributed by atoms with Gasteiger partial charge in [0, 0.05) is 0 Å². The van der Waals surface area contributed by atoms with E-state index in [1.165, 1.54) is 95.4 Å². The van der Waals surface area contributed by atoms with E-state index in [2.05, 4.69) is 225 Å². The molecule has 0 fully saturated rings. The van der Waals surface area contributed by atoms with Crippen LogP contribution in [0.15, 0.2) is 194 Å². The van der Waals surface area contributed by atoms with Gasteiger partial charge in [-0.3, -0.25) is 0 Å². The first-order valence-electron chi connectivity index (χ1n) is 22.3. The predicted molar refractivity (Wildman–Crippen MR) is 274 cm³/mol. The fraction of sp³-hybridized carbons (Fsp3) is 0.213. The molecule has 61 heavy (non-hydrogen) atoms. The second-order valence-corrected chi connectivity index (χ2v) is 14.8. The van der Waals surface area contributed by atoms with Crippen LogP contribution in [-0.2, 0) is 0 Å². The molecule has 0 aliphatic heterocycles. The van der Waals surface area contributed by atoms with Crippen LogP contribution in [0.4, 0.5) is 0 Å². The third-order valence-electron chi connectivity index (χ3n) is 9.97. The van der Waals surface area contributed by atoms with Crippen molar-refractivity contribution in [2.24, 2.45) is 0 Å². The molecule has 0 amide bonds. The van der Waals surface area contributed by atoms with Gasteiger partial charge < -0.3 is 0 Å². The first-order chi connectivity index (χ1) is 29.7. The van der Waals surface area contributed by atoms with Crippen molar-refractivity contribution in [1.82, 2.24) is 0 Å². The van der Waals surface area contributed by atoms with Crippen LogP contribution < -0.4 is 0 Å². The Balaban J connectivity index is 0.000000299. The number of aryl methyl sites for hydroxylation is 6. The molecule has 0 heterocycles. The van der Waals surface area contributed by atoms with Crippen molar-refractivity contribution in [3.63, 3.8) is 0 Å². The minimum atomic E-state index is 1.25. The van der Waals surface area contributed by atoms with Crippen molar-refractivity contribution < 1.29 is 0 Å². The molecule has 8 rings (SSSR count). The van der Waals surface area contributed by atoms with E-state index >= 15 is 0 Å². The lowest BCUT2D eigenvalue weighted by molar-refractivity contribution is 1.09. The van der Waals surface area contributed by atoms with Crippen molar-refractivity contribution in [3.8, 4) is 55.6 Å². The highest BCUT2D eigenvalue weighted by Crippen LogP contribution is 2.40. The Morgan fingerprint density at radius 1 is 0.262 bits per heavy atom. The minimum absolute atomic E-state index is 1.25. The fourth-order valence-electron chi connectivity index (χ4n) is 6.83. The molecule has 0 unspecified atom stereocenters. The molecule has 0 aromatic heterocycles. The van der Waals surface area contributed by atoms with Gasteiger partial charge in [0.15, 0.2) is 0 Å². The third kappa shape index (κ3) is 14.8. The molecule has 0 nitrogen and oxygen atoms in total. The molecular formula is C61H70. The van der Waals surface area contributed by atoms with Crippen LogP contribution in [0.25, 0.3) is 55.6 Å². The van der Waals surface area contributed by atoms with E-state index < -0.39 is 0 Å². The van der Waals surface area contributed by atoms with E-state index in [0.717, 1.165) is 0 Å². The lowest BCUT2D eigenvalue weighted by Gasteiger charge is -2.18. The Bertz CT molecular complexity index is 2420. The average Bonchev–Trinajstić information content (AvgIpc) is 3.30. The van der Waals surface area contributed by atoms with Gasteiger partial charge in [0.25, 0.3) is 0 Å². The van der Waals surface area contributed by atoms with E-state index in [1.807, 2.05) is 52.0 Å². The highest BCUT2D eigenvalue weighted by Gasteiger charge is 2.15. The van der Waals surface area contributed by atoms with E-state index in [0.29, 0.717) is 0 Å². The van der Waals surface area contributed by atoms with Crippen LogP contribution in [0.2, 0.25) is 0 Å². The standard InChI is InChI=1S/C34H30.C13H12.C7H8.C3H8.2C2H6/c1-23-11-8-9-15-30(23)32-22-29(20-18-24(32)2)31-16-10-12-26(4)34(31)33-21-28(19-17-25(33)3)27-13-6-5-7-14-27;1-11-7-9-13(10-8-11)12-5-3-2-4-6-12;1-7-5-3-2-4-6-7;1-3-2;2*1-2/h5-22H,1-4H3;2-10H,1H3;2-6H,1H3;3H2,1-2H3;2*1-2H3. The molecule has 0 N–H and O–H groups in total. The number of benzene rings is 8. The zero-order valence-electron chi connectivity index (χ0n) is 39.2. The summed E-state index contributed by atoms with van der Waals surface area (Å²) in [4.78, 5) is 0. The molecule has 8 aromatic carbocycles. The molecule has 0 atom stereocenters. The maximum Gasteiger partial charge on any atom is -0.00732 e. The van der Waals surface area contributed by atoms with Gasteiger partial charge in [-0.15, -0.1) is 0 Å². The Hall–Kier alpha value is -6.24. The van der Waals surface area contributed by atoms with E-state index in [9.17, 15) is 0 Å². The Labute approximate surface area is 371 Å². The fourth-order valence-corrected chi connectivity index (χ4v) is 6.83. The maximum absolute atomic E-state index is 2.37. The van der Waals surface area contributed by atoms with Gasteiger partial charge in [-0.1, -0.05) is 241 Å². The summed E-state index contributed by atoms with van der Waals surface area (Å²) in [7, 11) is 0. The van der Waals surface area contributed by atoms with Gasteiger partial charge in [-0.2, -0.15) is 0 Å². The summed E-state index contributed by atoms with van der Waals surface area (Å²) in [5, 5.41) is 0. The van der Waals surface area contributed by atoms with Crippen molar-refractivity contribution >= 4 is 0 Å². The van der Waals surface area contributed by atoms with Gasteiger partial charge in [-0.05, 0) is 132 Å². The third-order valence-corrected chi connectivity index (χ3v) is 9.97. The minimum Gasteiger partial charge on any atom is -0.0683 e. The van der Waals surface area contributed by atoms with Crippen molar-refractivity contribution in [2.75, 3.05) is 0 Å². The summed E-state index contributed by atoms with van der Waals surface area (Å²) < 4.78 is 0. The molecule has 0 radical (unpaired) electrons. The second kappa shape index (κ2) is 26.8. The second-order valence-electron chi connectivity index (χ2n) is 14.8.